The van der Waals surface area contributed by atoms with Gasteiger partial charge in [0.1, 0.15) is 6.61 Å². The Morgan fingerprint density at radius 1 is 1.17 bits per heavy atom. The molecule has 4 aromatic rings. The number of alkyl halides is 3. The lowest BCUT2D eigenvalue weighted by atomic mass is 10.1. The number of benzene rings is 2. The van der Waals surface area contributed by atoms with E-state index in [4.69, 9.17) is 4.74 Å². The van der Waals surface area contributed by atoms with E-state index in [1.165, 1.54) is 23.9 Å². The van der Waals surface area contributed by atoms with Gasteiger partial charge in [-0.2, -0.15) is 18.3 Å². The first-order valence-corrected chi connectivity index (χ1v) is 8.98. The van der Waals surface area contributed by atoms with Crippen LogP contribution >= 0.6 is 0 Å². The van der Waals surface area contributed by atoms with Crippen LogP contribution in [0.1, 0.15) is 5.56 Å². The molecule has 2 heterocycles. The van der Waals surface area contributed by atoms with Crippen molar-refractivity contribution in [3.63, 3.8) is 0 Å². The number of ether oxygens (including phenoxy) is 1. The number of aromatic nitrogens is 3. The molecule has 0 aliphatic heterocycles. The highest BCUT2D eigenvalue weighted by Gasteiger charge is 2.30. The summed E-state index contributed by atoms with van der Waals surface area (Å²) in [7, 11) is 1.45. The van der Waals surface area contributed by atoms with E-state index in [1.54, 1.807) is 18.6 Å². The normalized spacial score (nSPS) is 11.7. The number of fused-ring (bicyclic) bond motifs is 1. The summed E-state index contributed by atoms with van der Waals surface area (Å²) in [5.74, 6) is -0.265. The number of hydrogen-bond donors (Lipinski definition) is 2. The first-order chi connectivity index (χ1) is 14.3. The van der Waals surface area contributed by atoms with Gasteiger partial charge >= 0.3 is 6.18 Å². The molecule has 0 fully saturated rings. The molecular formula is C21H17F3N4O2. The fourth-order valence-corrected chi connectivity index (χ4v) is 3.14. The maximum atomic E-state index is 12.7. The SMILES string of the molecule is COCC(=O)Nc1c[nH]c2ccc(-c3cnn(-c4ccc(C(F)(F)F)cc4)c3)cc12. The number of amides is 1. The van der Waals surface area contributed by atoms with Crippen molar-refractivity contribution in [1.29, 1.82) is 0 Å². The van der Waals surface area contributed by atoms with Crippen molar-refractivity contribution in [2.45, 2.75) is 6.18 Å². The van der Waals surface area contributed by atoms with E-state index in [0.29, 0.717) is 11.4 Å². The number of methoxy groups -OCH3 is 1. The van der Waals surface area contributed by atoms with Crippen LogP contribution in [0.5, 0.6) is 0 Å². The van der Waals surface area contributed by atoms with Gasteiger partial charge in [-0.05, 0) is 42.0 Å². The molecular weight excluding hydrogens is 397 g/mol. The number of H-pyrrole nitrogens is 1. The Bertz CT molecular complexity index is 1190. The zero-order chi connectivity index (χ0) is 21.3. The molecule has 0 unspecified atom stereocenters. The van der Waals surface area contributed by atoms with Crippen molar-refractivity contribution in [2.24, 2.45) is 0 Å². The molecule has 0 saturated heterocycles. The quantitative estimate of drug-likeness (QED) is 0.500. The Hall–Kier alpha value is -3.59. The summed E-state index contributed by atoms with van der Waals surface area (Å²) in [6.07, 6.45) is 0.693. The predicted molar refractivity (Wildman–Crippen MR) is 106 cm³/mol. The van der Waals surface area contributed by atoms with Gasteiger partial charge in [-0.3, -0.25) is 4.79 Å². The minimum atomic E-state index is -4.38. The fourth-order valence-electron chi connectivity index (χ4n) is 3.14. The van der Waals surface area contributed by atoms with E-state index in [2.05, 4.69) is 15.4 Å². The van der Waals surface area contributed by atoms with Gasteiger partial charge in [-0.25, -0.2) is 4.68 Å². The highest BCUT2D eigenvalue weighted by Crippen LogP contribution is 2.31. The molecule has 0 radical (unpaired) electrons. The Morgan fingerprint density at radius 2 is 1.93 bits per heavy atom. The van der Waals surface area contributed by atoms with Crippen LogP contribution in [0, 0.1) is 0 Å². The average Bonchev–Trinajstić information content (AvgIpc) is 3.35. The maximum Gasteiger partial charge on any atom is 0.416 e. The van der Waals surface area contributed by atoms with Crippen molar-refractivity contribution in [3.05, 3.63) is 66.6 Å². The number of carbonyl (C=O) groups excluding carboxylic acids is 1. The number of anilines is 1. The van der Waals surface area contributed by atoms with Gasteiger partial charge in [0, 0.05) is 36.0 Å². The largest absolute Gasteiger partial charge is 0.416 e. The molecule has 2 aromatic heterocycles. The van der Waals surface area contributed by atoms with Gasteiger partial charge < -0.3 is 15.0 Å². The number of carbonyl (C=O) groups is 1. The third-order valence-electron chi connectivity index (χ3n) is 4.61. The number of nitrogens with one attached hydrogen (secondary N) is 2. The van der Waals surface area contributed by atoms with Crippen LogP contribution in [-0.2, 0) is 15.7 Å². The topological polar surface area (TPSA) is 71.9 Å². The summed E-state index contributed by atoms with van der Waals surface area (Å²) in [4.78, 5) is 14.9. The molecule has 4 rings (SSSR count). The second kappa shape index (κ2) is 7.68. The average molecular weight is 414 g/mol. The van der Waals surface area contributed by atoms with Crippen molar-refractivity contribution < 1.29 is 22.7 Å². The first-order valence-electron chi connectivity index (χ1n) is 8.98. The number of nitrogens with zero attached hydrogens (tertiary/aromatic N) is 2. The van der Waals surface area contributed by atoms with Gasteiger partial charge in [0.15, 0.2) is 0 Å². The van der Waals surface area contributed by atoms with Crippen LogP contribution in [0.25, 0.3) is 27.7 Å². The molecule has 0 atom stereocenters. The molecule has 0 spiro atoms. The van der Waals surface area contributed by atoms with E-state index in [0.717, 1.165) is 34.2 Å². The van der Waals surface area contributed by atoms with Crippen LogP contribution in [-0.4, -0.2) is 34.4 Å². The Balaban J connectivity index is 1.62. The summed E-state index contributed by atoms with van der Waals surface area (Å²) < 4.78 is 44.6. The smallest absolute Gasteiger partial charge is 0.375 e. The third-order valence-corrected chi connectivity index (χ3v) is 4.61. The fraction of sp³-hybridized carbons (Fsp3) is 0.143. The molecule has 0 bridgehead atoms. The maximum absolute atomic E-state index is 12.7. The third kappa shape index (κ3) is 3.92. The van der Waals surface area contributed by atoms with E-state index < -0.39 is 11.7 Å². The summed E-state index contributed by atoms with van der Waals surface area (Å²) in [6, 6.07) is 10.5. The van der Waals surface area contributed by atoms with Crippen molar-refractivity contribution in [2.75, 3.05) is 19.0 Å². The highest BCUT2D eigenvalue weighted by atomic mass is 19.4. The van der Waals surface area contributed by atoms with E-state index >= 15 is 0 Å². The second-order valence-corrected chi connectivity index (χ2v) is 6.66. The van der Waals surface area contributed by atoms with Gasteiger partial charge in [0.25, 0.3) is 0 Å². The number of hydrogen-bond acceptors (Lipinski definition) is 3. The number of rotatable bonds is 5. The molecule has 6 nitrogen and oxygen atoms in total. The lowest BCUT2D eigenvalue weighted by Crippen LogP contribution is -2.16. The van der Waals surface area contributed by atoms with Crippen LogP contribution < -0.4 is 5.32 Å². The standard InChI is InChI=1S/C21H17F3N4O2/c1-30-12-20(29)27-19-10-25-18-7-2-13(8-17(18)19)14-9-26-28(11-14)16-5-3-15(4-6-16)21(22,23)24/h2-11,25H,12H2,1H3,(H,27,29). The summed E-state index contributed by atoms with van der Waals surface area (Å²) in [5, 5.41) is 7.86. The molecule has 0 aliphatic carbocycles. The van der Waals surface area contributed by atoms with E-state index in [9.17, 15) is 18.0 Å². The van der Waals surface area contributed by atoms with Gasteiger partial charge in [0.2, 0.25) is 5.91 Å². The van der Waals surface area contributed by atoms with E-state index in [-0.39, 0.29) is 12.5 Å². The van der Waals surface area contributed by atoms with Crippen molar-refractivity contribution in [3.8, 4) is 16.8 Å². The summed E-state index contributed by atoms with van der Waals surface area (Å²) >= 11 is 0. The Morgan fingerprint density at radius 3 is 2.63 bits per heavy atom. The molecule has 2 aromatic carbocycles. The lowest BCUT2D eigenvalue weighted by Gasteiger charge is -2.07. The van der Waals surface area contributed by atoms with Crippen molar-refractivity contribution >= 4 is 22.5 Å². The molecule has 1 amide bonds. The van der Waals surface area contributed by atoms with Gasteiger partial charge in [-0.1, -0.05) is 6.07 Å². The first kappa shape index (κ1) is 19.7. The summed E-state index contributed by atoms with van der Waals surface area (Å²) in [6.45, 7) is -0.0493. The van der Waals surface area contributed by atoms with Crippen LogP contribution in [0.2, 0.25) is 0 Å². The Labute approximate surface area is 169 Å². The van der Waals surface area contributed by atoms with Crippen LogP contribution in [0.3, 0.4) is 0 Å². The molecule has 2 N–H and O–H groups in total. The molecule has 154 valence electrons. The van der Waals surface area contributed by atoms with Crippen molar-refractivity contribution in [1.82, 2.24) is 14.8 Å². The van der Waals surface area contributed by atoms with E-state index in [1.807, 2.05) is 18.2 Å². The van der Waals surface area contributed by atoms with Crippen LogP contribution in [0.4, 0.5) is 18.9 Å². The lowest BCUT2D eigenvalue weighted by molar-refractivity contribution is -0.137. The molecule has 0 aliphatic rings. The predicted octanol–water partition coefficient (Wildman–Crippen LogP) is 4.62. The van der Waals surface area contributed by atoms with Crippen LogP contribution in [0.15, 0.2) is 61.1 Å². The monoisotopic (exact) mass is 414 g/mol. The second-order valence-electron chi connectivity index (χ2n) is 6.66. The highest BCUT2D eigenvalue weighted by molar-refractivity contribution is 6.03. The molecule has 9 heteroatoms. The van der Waals surface area contributed by atoms with Gasteiger partial charge in [-0.15, -0.1) is 0 Å². The van der Waals surface area contributed by atoms with Gasteiger partial charge in [0.05, 0.1) is 23.1 Å². The number of halogens is 3. The Kier molecular flexibility index (Phi) is 5.04. The minimum Gasteiger partial charge on any atom is -0.375 e. The molecule has 30 heavy (non-hydrogen) atoms. The zero-order valence-electron chi connectivity index (χ0n) is 15.8. The zero-order valence-corrected chi connectivity index (χ0v) is 15.8. The molecule has 0 saturated carbocycles. The number of aromatic amines is 1. The minimum absolute atomic E-state index is 0.0493. The summed E-state index contributed by atoms with van der Waals surface area (Å²) in [5.41, 5.74) is 2.92.